The molecule has 4 aliphatic rings. The van der Waals surface area contributed by atoms with Crippen LogP contribution in [0.1, 0.15) is 49.7 Å². The maximum atomic E-state index is 13.9. The molecule has 0 unspecified atom stereocenters. The molecular formula is C34H44ClF2N7O2. The van der Waals surface area contributed by atoms with Gasteiger partial charge in [-0.2, -0.15) is 0 Å². The molecule has 0 radical (unpaired) electrons. The fraction of sp³-hybridized carbons (Fsp3) is 0.529. The highest BCUT2D eigenvalue weighted by Gasteiger charge is 2.30. The highest BCUT2D eigenvalue weighted by molar-refractivity contribution is 6.32. The molecule has 0 aliphatic carbocycles. The minimum atomic E-state index is -0.404. The predicted molar refractivity (Wildman–Crippen MR) is 177 cm³/mol. The molecule has 2 aromatic heterocycles. The number of likely N-dealkylation sites (tertiary alicyclic amines) is 2. The van der Waals surface area contributed by atoms with Crippen molar-refractivity contribution in [3.05, 3.63) is 64.7 Å². The van der Waals surface area contributed by atoms with E-state index in [4.69, 9.17) is 17.3 Å². The zero-order chi connectivity index (χ0) is 32.8. The summed E-state index contributed by atoms with van der Waals surface area (Å²) >= 11 is 6.07. The lowest BCUT2D eigenvalue weighted by molar-refractivity contribution is -0.137. The first-order valence-electron chi connectivity index (χ1n) is 16.1. The van der Waals surface area contributed by atoms with Crippen molar-refractivity contribution >= 4 is 40.2 Å². The van der Waals surface area contributed by atoms with Crippen LogP contribution in [0.5, 0.6) is 0 Å². The van der Waals surface area contributed by atoms with E-state index >= 15 is 0 Å². The lowest BCUT2D eigenvalue weighted by atomic mass is 9.93. The van der Waals surface area contributed by atoms with Gasteiger partial charge in [0.15, 0.2) is 5.82 Å². The van der Waals surface area contributed by atoms with Gasteiger partial charge >= 0.3 is 0 Å². The van der Waals surface area contributed by atoms with E-state index in [1.165, 1.54) is 24.8 Å². The zero-order valence-corrected chi connectivity index (χ0v) is 27.5. The van der Waals surface area contributed by atoms with Crippen LogP contribution in [0.4, 0.5) is 14.5 Å². The number of carbonyl (C=O) groups excluding carboxylic acids is 2. The summed E-state index contributed by atoms with van der Waals surface area (Å²) in [7, 11) is 4.17. The Bertz CT molecular complexity index is 1320. The van der Waals surface area contributed by atoms with E-state index in [2.05, 4.69) is 33.9 Å². The molecule has 0 aromatic carbocycles. The Morgan fingerprint density at radius 1 is 0.717 bits per heavy atom. The van der Waals surface area contributed by atoms with Crippen LogP contribution in [-0.4, -0.2) is 108 Å². The van der Waals surface area contributed by atoms with E-state index in [1.54, 1.807) is 0 Å². The molecule has 12 heteroatoms. The number of pyridine rings is 2. The number of hydrogen-bond donors (Lipinski definition) is 1. The van der Waals surface area contributed by atoms with Gasteiger partial charge in [0.2, 0.25) is 11.8 Å². The van der Waals surface area contributed by atoms with Crippen molar-refractivity contribution in [1.29, 1.82) is 0 Å². The van der Waals surface area contributed by atoms with Gasteiger partial charge in [-0.1, -0.05) is 23.8 Å². The van der Waals surface area contributed by atoms with Gasteiger partial charge in [0.1, 0.15) is 5.82 Å². The van der Waals surface area contributed by atoms with Crippen LogP contribution in [0.25, 0.3) is 11.1 Å². The highest BCUT2D eigenvalue weighted by Crippen LogP contribution is 2.32. The summed E-state index contributed by atoms with van der Waals surface area (Å²) in [5.74, 6) is -0.0808. The molecule has 0 bridgehead atoms. The standard InChI is InChI=1S/C17H21ClFN3O.C17H23FN4O/c2*1-21-6-2-13(3-7-21)17(23)22-8-4-12(5-9-22)16-14(18)10-20-11-15(16)19/h4,10-11,13H,2-3,5-9H2,1H3;4,10-11,13H,2-3,5-9,19H2,1H3. The van der Waals surface area contributed by atoms with Gasteiger partial charge in [0.05, 0.1) is 29.3 Å². The second-order valence-corrected chi connectivity index (χ2v) is 13.2. The number of anilines is 1. The van der Waals surface area contributed by atoms with Gasteiger partial charge in [0.25, 0.3) is 0 Å². The van der Waals surface area contributed by atoms with Gasteiger partial charge in [-0.25, -0.2) is 8.78 Å². The first-order valence-corrected chi connectivity index (χ1v) is 16.5. The van der Waals surface area contributed by atoms with Gasteiger partial charge in [-0.05, 0) is 89.9 Å². The molecule has 46 heavy (non-hydrogen) atoms. The Morgan fingerprint density at radius 3 is 1.57 bits per heavy atom. The number of nitrogens with zero attached hydrogens (tertiary/aromatic N) is 6. The molecule has 2 saturated heterocycles. The Hall–Kier alpha value is -3.41. The Balaban J connectivity index is 0.000000181. The number of amides is 2. The first kappa shape index (κ1) is 33.9. The number of nitrogens with two attached hydrogens (primary N) is 1. The van der Waals surface area contributed by atoms with Crippen LogP contribution >= 0.6 is 11.6 Å². The van der Waals surface area contributed by atoms with E-state index < -0.39 is 11.6 Å². The summed E-state index contributed by atoms with van der Waals surface area (Å²) in [5.41, 5.74) is 8.80. The molecule has 0 atom stereocenters. The van der Waals surface area contributed by atoms with Crippen molar-refractivity contribution in [2.24, 2.45) is 11.8 Å². The second-order valence-electron chi connectivity index (χ2n) is 12.7. The van der Waals surface area contributed by atoms with Crippen LogP contribution in [0.2, 0.25) is 5.02 Å². The monoisotopic (exact) mass is 655 g/mol. The molecule has 2 aromatic rings. The summed E-state index contributed by atoms with van der Waals surface area (Å²) in [5, 5.41) is 0.325. The molecule has 248 valence electrons. The van der Waals surface area contributed by atoms with Crippen LogP contribution in [0.3, 0.4) is 0 Å². The Labute approximate surface area is 275 Å². The molecule has 9 nitrogen and oxygen atoms in total. The summed E-state index contributed by atoms with van der Waals surface area (Å²) in [4.78, 5) is 41.0. The van der Waals surface area contributed by atoms with Crippen molar-refractivity contribution < 1.29 is 18.4 Å². The average Bonchev–Trinajstić information content (AvgIpc) is 3.06. The molecule has 2 N–H and O–H groups in total. The van der Waals surface area contributed by atoms with E-state index in [0.717, 1.165) is 63.0 Å². The molecule has 2 amide bonds. The molecular weight excluding hydrogens is 612 g/mol. The number of rotatable bonds is 4. The molecule has 0 spiro atoms. The van der Waals surface area contributed by atoms with Crippen molar-refractivity contribution in [1.82, 2.24) is 29.6 Å². The van der Waals surface area contributed by atoms with Crippen LogP contribution in [0.15, 0.2) is 36.9 Å². The van der Waals surface area contributed by atoms with Crippen molar-refractivity contribution in [3.8, 4) is 0 Å². The molecule has 6 rings (SSSR count). The summed E-state index contributed by atoms with van der Waals surface area (Å²) < 4.78 is 27.9. The lowest BCUT2D eigenvalue weighted by Gasteiger charge is -2.34. The molecule has 2 fully saturated rings. The minimum absolute atomic E-state index is 0.127. The maximum absolute atomic E-state index is 13.9. The number of aromatic nitrogens is 2. The Kier molecular flexibility index (Phi) is 11.4. The maximum Gasteiger partial charge on any atom is 0.226 e. The molecule has 0 saturated carbocycles. The van der Waals surface area contributed by atoms with Crippen molar-refractivity contribution in [2.45, 2.75) is 38.5 Å². The number of nitrogen functional groups attached to an aromatic ring is 1. The van der Waals surface area contributed by atoms with Crippen LogP contribution in [-0.2, 0) is 9.59 Å². The summed E-state index contributed by atoms with van der Waals surface area (Å²) in [6.07, 6.45) is 14.1. The highest BCUT2D eigenvalue weighted by atomic mass is 35.5. The number of piperidine rings is 2. The summed E-state index contributed by atoms with van der Waals surface area (Å²) in [6.45, 7) is 6.20. The van der Waals surface area contributed by atoms with E-state index in [-0.39, 0.29) is 23.7 Å². The van der Waals surface area contributed by atoms with E-state index in [0.29, 0.717) is 60.9 Å². The lowest BCUT2D eigenvalue weighted by Crippen LogP contribution is -2.43. The third kappa shape index (κ3) is 8.11. The first-order chi connectivity index (χ1) is 22.1. The van der Waals surface area contributed by atoms with Crippen LogP contribution in [0, 0.1) is 23.5 Å². The molecule has 4 aliphatic heterocycles. The largest absolute Gasteiger partial charge is 0.397 e. The third-order valence-corrected chi connectivity index (χ3v) is 9.89. The van der Waals surface area contributed by atoms with E-state index in [1.807, 2.05) is 22.0 Å². The number of hydrogen-bond acceptors (Lipinski definition) is 7. The van der Waals surface area contributed by atoms with E-state index in [9.17, 15) is 18.4 Å². The van der Waals surface area contributed by atoms with Crippen molar-refractivity contribution in [2.75, 3.05) is 72.2 Å². The SMILES string of the molecule is CN1CCC(C(=O)N2CC=C(c3c(F)cncc3Cl)CC2)CC1.CN1CCC(C(=O)N2CC=C(c3c(N)cncc3F)CC2)CC1. The smallest absolute Gasteiger partial charge is 0.226 e. The quantitative estimate of drug-likeness (QED) is 0.515. The van der Waals surface area contributed by atoms with Crippen molar-refractivity contribution in [3.63, 3.8) is 0 Å². The Morgan fingerprint density at radius 2 is 1.15 bits per heavy atom. The van der Waals surface area contributed by atoms with Gasteiger partial charge in [0, 0.05) is 55.3 Å². The molecule has 6 heterocycles. The minimum Gasteiger partial charge on any atom is -0.397 e. The second kappa shape index (κ2) is 15.5. The fourth-order valence-electron chi connectivity index (χ4n) is 6.73. The van der Waals surface area contributed by atoms with Gasteiger partial charge in [-0.3, -0.25) is 19.6 Å². The van der Waals surface area contributed by atoms with Crippen LogP contribution < -0.4 is 5.73 Å². The summed E-state index contributed by atoms with van der Waals surface area (Å²) in [6, 6.07) is 0. The normalized spacial score (nSPS) is 20.5. The zero-order valence-electron chi connectivity index (χ0n) is 26.7. The fourth-order valence-corrected chi connectivity index (χ4v) is 7.00. The number of halogens is 3. The topological polar surface area (TPSA) is 98.9 Å². The van der Waals surface area contributed by atoms with Gasteiger partial charge < -0.3 is 25.3 Å². The number of carbonyl (C=O) groups is 2. The third-order valence-electron chi connectivity index (χ3n) is 9.60. The van der Waals surface area contributed by atoms with Gasteiger partial charge in [-0.15, -0.1) is 0 Å². The average molecular weight is 656 g/mol. The predicted octanol–water partition coefficient (Wildman–Crippen LogP) is 4.59.